The van der Waals surface area contributed by atoms with Crippen molar-refractivity contribution in [1.82, 2.24) is 5.32 Å². The molecule has 0 fully saturated rings. The molecule has 0 aliphatic carbocycles. The molecule has 32 heavy (non-hydrogen) atoms. The Morgan fingerprint density at radius 2 is 1.72 bits per heavy atom. The summed E-state index contributed by atoms with van der Waals surface area (Å²) in [6.07, 6.45) is 21.1. The number of thioether (sulfide) groups is 1. The van der Waals surface area contributed by atoms with Crippen LogP contribution in [0.1, 0.15) is 92.4 Å². The lowest BCUT2D eigenvalue weighted by molar-refractivity contribution is 0.378. The average Bonchev–Trinajstić information content (AvgIpc) is 2.76. The van der Waals surface area contributed by atoms with Crippen LogP contribution < -0.4 is 11.1 Å². The van der Waals surface area contributed by atoms with Gasteiger partial charge in [0.1, 0.15) is 18.6 Å². The summed E-state index contributed by atoms with van der Waals surface area (Å²) in [5, 5.41) is 3.18. The zero-order valence-corrected chi connectivity index (χ0v) is 22.1. The van der Waals surface area contributed by atoms with E-state index in [1.807, 2.05) is 11.8 Å². The van der Waals surface area contributed by atoms with E-state index in [1.54, 1.807) is 18.7 Å². The third-order valence-corrected chi connectivity index (χ3v) is 7.14. The van der Waals surface area contributed by atoms with Crippen LogP contribution in [0, 0.1) is 17.8 Å². The maximum atomic E-state index is 5.52. The number of rotatable bonds is 18. The van der Waals surface area contributed by atoms with Gasteiger partial charge < -0.3 is 15.8 Å². The van der Waals surface area contributed by atoms with Gasteiger partial charge in [-0.1, -0.05) is 84.3 Å². The number of ether oxygens (including phenoxy) is 1. The van der Waals surface area contributed by atoms with E-state index in [0.29, 0.717) is 0 Å². The lowest BCUT2D eigenvalue weighted by atomic mass is 9.91. The first-order valence-electron chi connectivity index (χ1n) is 12.7. The van der Waals surface area contributed by atoms with E-state index in [2.05, 4.69) is 51.0 Å². The first-order valence-corrected chi connectivity index (χ1v) is 13.8. The molecule has 0 aromatic heterocycles. The van der Waals surface area contributed by atoms with Crippen molar-refractivity contribution in [1.29, 1.82) is 0 Å². The van der Waals surface area contributed by atoms with Crippen molar-refractivity contribution in [2.24, 2.45) is 28.5 Å². The summed E-state index contributed by atoms with van der Waals surface area (Å²) in [5.74, 6) is 4.48. The molecule has 1 heterocycles. The van der Waals surface area contributed by atoms with E-state index in [0.717, 1.165) is 35.0 Å². The molecular formula is C27H49N3OS. The van der Waals surface area contributed by atoms with Crippen molar-refractivity contribution in [3.63, 3.8) is 0 Å². The minimum absolute atomic E-state index is 0.00225. The fourth-order valence-corrected chi connectivity index (χ4v) is 5.03. The normalized spacial score (nSPS) is 17.2. The first kappa shape index (κ1) is 28.7. The molecule has 3 unspecified atom stereocenters. The van der Waals surface area contributed by atoms with Crippen LogP contribution in [0.2, 0.25) is 0 Å². The lowest BCUT2D eigenvalue weighted by Crippen LogP contribution is -2.24. The third-order valence-electron chi connectivity index (χ3n) is 6.18. The van der Waals surface area contributed by atoms with Gasteiger partial charge in [-0.15, -0.1) is 0 Å². The Balaban J connectivity index is 2.12. The second kappa shape index (κ2) is 18.1. The number of nitrogens with zero attached hydrogens (tertiary/aromatic N) is 1. The van der Waals surface area contributed by atoms with Crippen molar-refractivity contribution >= 4 is 18.1 Å². The summed E-state index contributed by atoms with van der Waals surface area (Å²) < 4.78 is 5.24. The van der Waals surface area contributed by atoms with Crippen molar-refractivity contribution in [3.8, 4) is 0 Å². The van der Waals surface area contributed by atoms with Crippen molar-refractivity contribution in [2.75, 3.05) is 11.5 Å². The third kappa shape index (κ3) is 14.7. The highest BCUT2D eigenvalue weighted by atomic mass is 32.2. The number of nitrogens with one attached hydrogen (secondary N) is 1. The van der Waals surface area contributed by atoms with E-state index >= 15 is 0 Å². The second-order valence-electron chi connectivity index (χ2n) is 9.92. The van der Waals surface area contributed by atoms with Gasteiger partial charge in [-0.2, -0.15) is 11.8 Å². The van der Waals surface area contributed by atoms with E-state index in [9.17, 15) is 0 Å². The van der Waals surface area contributed by atoms with E-state index in [1.165, 1.54) is 69.7 Å². The average molecular weight is 464 g/mol. The van der Waals surface area contributed by atoms with Crippen molar-refractivity contribution < 1.29 is 4.74 Å². The standard InChI is InChI=1S/C27H49N3OS/c1-22(2)9-6-10-23(3)11-7-12-24(4)13-8-14-25(5)15-18-32-20-27(30-21-28)26-19-31-17-16-29-26/h15-17,19,21-24,27,29H,6-14,18,20H2,1-5H3,(H2,28,30)/b25-15+. The first-order chi connectivity index (χ1) is 15.4. The number of aliphatic imine (C=N–C) groups is 1. The highest BCUT2D eigenvalue weighted by Gasteiger charge is 2.14. The fourth-order valence-electron chi connectivity index (χ4n) is 4.00. The van der Waals surface area contributed by atoms with Crippen LogP contribution in [-0.4, -0.2) is 23.9 Å². The number of hydrogen-bond acceptors (Lipinski definition) is 4. The summed E-state index contributed by atoms with van der Waals surface area (Å²) in [4.78, 5) is 4.36. The lowest BCUT2D eigenvalue weighted by Gasteiger charge is -2.17. The predicted molar refractivity (Wildman–Crippen MR) is 144 cm³/mol. The van der Waals surface area contributed by atoms with Gasteiger partial charge in [-0.05, 0) is 37.5 Å². The van der Waals surface area contributed by atoms with Gasteiger partial charge in [0.05, 0.1) is 12.0 Å². The molecule has 5 heteroatoms. The molecule has 0 saturated carbocycles. The second-order valence-corrected chi connectivity index (χ2v) is 11.0. The molecule has 0 bridgehead atoms. The molecule has 0 aromatic rings. The van der Waals surface area contributed by atoms with Gasteiger partial charge >= 0.3 is 0 Å². The number of allylic oxidation sites excluding steroid dienone is 1. The summed E-state index contributed by atoms with van der Waals surface area (Å²) in [6, 6.07) is 0.00225. The monoisotopic (exact) mass is 463 g/mol. The molecule has 0 radical (unpaired) electrons. The SMILES string of the molecule is C/C(=C\CSCC(N=CN)C1=COC=CN1)CCCC(C)CCCC(C)CCCC(C)C. The molecule has 184 valence electrons. The van der Waals surface area contributed by atoms with Crippen LogP contribution in [0.3, 0.4) is 0 Å². The zero-order chi connectivity index (χ0) is 23.6. The highest BCUT2D eigenvalue weighted by molar-refractivity contribution is 7.99. The Morgan fingerprint density at radius 1 is 1.06 bits per heavy atom. The zero-order valence-electron chi connectivity index (χ0n) is 21.3. The molecule has 1 aliphatic rings. The molecule has 4 nitrogen and oxygen atoms in total. The van der Waals surface area contributed by atoms with Crippen molar-refractivity contribution in [2.45, 2.75) is 98.4 Å². The quantitative estimate of drug-likeness (QED) is 0.0962. The van der Waals surface area contributed by atoms with E-state index in [-0.39, 0.29) is 6.04 Å². The molecule has 3 atom stereocenters. The Bertz CT molecular complexity index is 598. The van der Waals surface area contributed by atoms with Crippen LogP contribution in [0.4, 0.5) is 0 Å². The predicted octanol–water partition coefficient (Wildman–Crippen LogP) is 7.39. The Labute approximate surface area is 202 Å². The molecule has 1 aliphatic heterocycles. The van der Waals surface area contributed by atoms with Gasteiger partial charge in [0.2, 0.25) is 0 Å². The van der Waals surface area contributed by atoms with Gasteiger partial charge in [0.25, 0.3) is 0 Å². The smallest absolute Gasteiger partial charge is 0.112 e. The molecule has 0 spiro atoms. The summed E-state index contributed by atoms with van der Waals surface area (Å²) in [5.41, 5.74) is 7.96. The maximum Gasteiger partial charge on any atom is 0.112 e. The van der Waals surface area contributed by atoms with Crippen LogP contribution in [-0.2, 0) is 4.74 Å². The molecule has 0 amide bonds. The van der Waals surface area contributed by atoms with Gasteiger partial charge in [0.15, 0.2) is 0 Å². The Hall–Kier alpha value is -1.36. The molecule has 0 saturated heterocycles. The maximum absolute atomic E-state index is 5.52. The van der Waals surface area contributed by atoms with Crippen molar-refractivity contribution in [3.05, 3.63) is 36.1 Å². The summed E-state index contributed by atoms with van der Waals surface area (Å²) in [6.45, 7) is 11.8. The minimum atomic E-state index is 0.00225. The van der Waals surface area contributed by atoms with Gasteiger partial charge in [-0.3, -0.25) is 4.99 Å². The number of nitrogens with two attached hydrogens (primary N) is 1. The van der Waals surface area contributed by atoms with Crippen LogP contribution in [0.5, 0.6) is 0 Å². The van der Waals surface area contributed by atoms with Gasteiger partial charge in [-0.25, -0.2) is 0 Å². The van der Waals surface area contributed by atoms with Gasteiger partial charge in [0, 0.05) is 17.7 Å². The van der Waals surface area contributed by atoms with Crippen LogP contribution in [0.25, 0.3) is 0 Å². The highest BCUT2D eigenvalue weighted by Crippen LogP contribution is 2.22. The Morgan fingerprint density at radius 3 is 2.31 bits per heavy atom. The molecule has 0 aromatic carbocycles. The van der Waals surface area contributed by atoms with Crippen LogP contribution >= 0.6 is 11.8 Å². The van der Waals surface area contributed by atoms with E-state index in [4.69, 9.17) is 10.5 Å². The number of hydrogen-bond donors (Lipinski definition) is 2. The minimum Gasteiger partial charge on any atom is -0.469 e. The molecule has 1 rings (SSSR count). The Kier molecular flexibility index (Phi) is 16.2. The topological polar surface area (TPSA) is 59.6 Å². The summed E-state index contributed by atoms with van der Waals surface area (Å²) >= 11 is 1.88. The summed E-state index contributed by atoms with van der Waals surface area (Å²) in [7, 11) is 0. The fraction of sp³-hybridized carbons (Fsp3) is 0.741. The van der Waals surface area contributed by atoms with E-state index < -0.39 is 0 Å². The molecule has 3 N–H and O–H groups in total. The largest absolute Gasteiger partial charge is 0.469 e. The van der Waals surface area contributed by atoms with Crippen LogP contribution in [0.15, 0.2) is 41.1 Å². The molecular weight excluding hydrogens is 414 g/mol.